The summed E-state index contributed by atoms with van der Waals surface area (Å²) in [7, 11) is 1.44. The quantitative estimate of drug-likeness (QED) is 0.136. The third-order valence-electron chi connectivity index (χ3n) is 4.82. The summed E-state index contributed by atoms with van der Waals surface area (Å²) in [6.45, 7) is 0.661. The van der Waals surface area contributed by atoms with Crippen molar-refractivity contribution in [3.8, 4) is 5.75 Å². The average Bonchev–Trinajstić information content (AvgIpc) is 2.70. The minimum Gasteiger partial charge on any atom is -0.494 e. The SMILES string of the molecule is COC(=O)CCCCCCCCCCCCCCOc1ccc([N+](=O)[O-])cc1. The normalized spacial score (nSPS) is 10.6. The second-order valence-corrected chi connectivity index (χ2v) is 7.17. The van der Waals surface area contributed by atoms with Crippen molar-refractivity contribution in [2.75, 3.05) is 13.7 Å². The van der Waals surface area contributed by atoms with Crippen LogP contribution in [0.5, 0.6) is 5.75 Å². The highest BCUT2D eigenvalue weighted by Crippen LogP contribution is 2.18. The molecular weight excluding hydrogens is 358 g/mol. The molecular formula is C22H35NO5. The van der Waals surface area contributed by atoms with E-state index in [2.05, 4.69) is 4.74 Å². The number of hydrogen-bond donors (Lipinski definition) is 0. The highest BCUT2D eigenvalue weighted by atomic mass is 16.6. The molecule has 0 saturated carbocycles. The van der Waals surface area contributed by atoms with Crippen LogP contribution in [0.2, 0.25) is 0 Å². The highest BCUT2D eigenvalue weighted by Gasteiger charge is 2.04. The van der Waals surface area contributed by atoms with Crippen molar-refractivity contribution in [2.24, 2.45) is 0 Å². The van der Waals surface area contributed by atoms with E-state index in [4.69, 9.17) is 4.74 Å². The first-order chi connectivity index (χ1) is 13.6. The lowest BCUT2D eigenvalue weighted by molar-refractivity contribution is -0.384. The Morgan fingerprint density at radius 3 is 1.75 bits per heavy atom. The van der Waals surface area contributed by atoms with Crippen LogP contribution >= 0.6 is 0 Å². The minimum atomic E-state index is -0.405. The number of carbonyl (C=O) groups is 1. The number of carbonyl (C=O) groups excluding carboxylic acids is 1. The number of hydrogen-bond acceptors (Lipinski definition) is 5. The summed E-state index contributed by atoms with van der Waals surface area (Å²) in [6.07, 6.45) is 15.0. The van der Waals surface area contributed by atoms with Crippen LogP contribution in [-0.4, -0.2) is 24.6 Å². The first-order valence-corrected chi connectivity index (χ1v) is 10.6. The number of nitro benzene ring substituents is 1. The van der Waals surface area contributed by atoms with E-state index >= 15 is 0 Å². The Kier molecular flexibility index (Phi) is 13.6. The molecule has 0 radical (unpaired) electrons. The van der Waals surface area contributed by atoms with Crippen LogP contribution in [0.25, 0.3) is 0 Å². The highest BCUT2D eigenvalue weighted by molar-refractivity contribution is 5.68. The zero-order chi connectivity index (χ0) is 20.5. The topological polar surface area (TPSA) is 78.7 Å². The molecule has 0 saturated heterocycles. The number of non-ortho nitro benzene ring substituents is 1. The van der Waals surface area contributed by atoms with Crippen LogP contribution < -0.4 is 4.74 Å². The van der Waals surface area contributed by atoms with Gasteiger partial charge in [-0.3, -0.25) is 14.9 Å². The summed E-state index contributed by atoms with van der Waals surface area (Å²) in [5, 5.41) is 10.6. The molecule has 0 amide bonds. The second kappa shape index (κ2) is 15.9. The smallest absolute Gasteiger partial charge is 0.305 e. The lowest BCUT2D eigenvalue weighted by atomic mass is 10.0. The molecule has 0 aliphatic rings. The molecule has 158 valence electrons. The minimum absolute atomic E-state index is 0.0888. The van der Waals surface area contributed by atoms with Crippen molar-refractivity contribution in [1.82, 2.24) is 0 Å². The average molecular weight is 394 g/mol. The third kappa shape index (κ3) is 12.3. The van der Waals surface area contributed by atoms with Crippen molar-refractivity contribution in [3.63, 3.8) is 0 Å². The maximum atomic E-state index is 11.0. The number of benzene rings is 1. The molecule has 28 heavy (non-hydrogen) atoms. The summed E-state index contributed by atoms with van der Waals surface area (Å²) in [5.41, 5.74) is 0.0888. The fourth-order valence-electron chi connectivity index (χ4n) is 3.10. The lowest BCUT2D eigenvalue weighted by Gasteiger charge is -2.06. The van der Waals surface area contributed by atoms with Crippen molar-refractivity contribution < 1.29 is 19.2 Å². The maximum Gasteiger partial charge on any atom is 0.305 e. The molecule has 0 atom stereocenters. The zero-order valence-electron chi connectivity index (χ0n) is 17.2. The number of nitro groups is 1. The van der Waals surface area contributed by atoms with E-state index < -0.39 is 4.92 Å². The predicted octanol–water partition coefficient (Wildman–Crippen LogP) is 6.22. The summed E-state index contributed by atoms with van der Waals surface area (Å²) in [5.74, 6) is 0.591. The van der Waals surface area contributed by atoms with Crippen LogP contribution in [0.15, 0.2) is 24.3 Å². The second-order valence-electron chi connectivity index (χ2n) is 7.17. The third-order valence-corrected chi connectivity index (χ3v) is 4.82. The van der Waals surface area contributed by atoms with Gasteiger partial charge in [-0.25, -0.2) is 0 Å². The molecule has 0 unspecified atom stereocenters. The Morgan fingerprint density at radius 2 is 1.29 bits per heavy atom. The fraction of sp³-hybridized carbons (Fsp3) is 0.682. The van der Waals surface area contributed by atoms with Crippen LogP contribution in [0.1, 0.15) is 83.5 Å². The van der Waals surface area contributed by atoms with Gasteiger partial charge in [-0.1, -0.05) is 64.2 Å². The van der Waals surface area contributed by atoms with E-state index in [1.165, 1.54) is 70.6 Å². The molecule has 0 spiro atoms. The van der Waals surface area contributed by atoms with Crippen LogP contribution in [0, 0.1) is 10.1 Å². The summed E-state index contributed by atoms with van der Waals surface area (Å²) >= 11 is 0. The molecule has 0 heterocycles. The van der Waals surface area contributed by atoms with E-state index in [1.807, 2.05) is 0 Å². The van der Waals surface area contributed by atoms with E-state index in [-0.39, 0.29) is 11.7 Å². The van der Waals surface area contributed by atoms with Crippen LogP contribution in [-0.2, 0) is 9.53 Å². The molecule has 6 nitrogen and oxygen atoms in total. The Balaban J connectivity index is 1.82. The molecule has 6 heteroatoms. The number of esters is 1. The van der Waals surface area contributed by atoms with Gasteiger partial charge in [0.05, 0.1) is 18.6 Å². The van der Waals surface area contributed by atoms with Gasteiger partial charge >= 0.3 is 5.97 Å². The molecule has 0 bridgehead atoms. The first-order valence-electron chi connectivity index (χ1n) is 10.6. The Hall–Kier alpha value is -2.11. The molecule has 0 aromatic heterocycles. The van der Waals surface area contributed by atoms with Gasteiger partial charge in [-0.2, -0.15) is 0 Å². The largest absolute Gasteiger partial charge is 0.494 e. The van der Waals surface area contributed by atoms with Gasteiger partial charge in [-0.05, 0) is 25.0 Å². The van der Waals surface area contributed by atoms with Gasteiger partial charge in [0.2, 0.25) is 0 Å². The fourth-order valence-corrected chi connectivity index (χ4v) is 3.10. The van der Waals surface area contributed by atoms with Crippen molar-refractivity contribution >= 4 is 11.7 Å². The van der Waals surface area contributed by atoms with Crippen molar-refractivity contribution in [2.45, 2.75) is 83.5 Å². The molecule has 1 aromatic rings. The molecule has 0 aliphatic carbocycles. The monoisotopic (exact) mass is 393 g/mol. The van der Waals surface area contributed by atoms with Gasteiger partial charge in [0.25, 0.3) is 5.69 Å². The first kappa shape index (κ1) is 23.9. The van der Waals surface area contributed by atoms with Crippen molar-refractivity contribution in [3.05, 3.63) is 34.4 Å². The van der Waals surface area contributed by atoms with Crippen molar-refractivity contribution in [1.29, 1.82) is 0 Å². The standard InChI is InChI=1S/C22H35NO5/c1-27-22(24)14-12-10-8-6-4-2-3-5-7-9-11-13-19-28-21-17-15-20(16-18-21)23(25)26/h15-18H,2-14,19H2,1H3. The number of rotatable bonds is 17. The Bertz CT molecular complexity index is 544. The number of ether oxygens (including phenoxy) is 2. The zero-order valence-corrected chi connectivity index (χ0v) is 17.2. The Morgan fingerprint density at radius 1 is 0.821 bits per heavy atom. The lowest BCUT2D eigenvalue weighted by Crippen LogP contribution is -1.99. The number of methoxy groups -OCH3 is 1. The predicted molar refractivity (Wildman–Crippen MR) is 111 cm³/mol. The van der Waals surface area contributed by atoms with Gasteiger partial charge in [0.15, 0.2) is 0 Å². The van der Waals surface area contributed by atoms with E-state index in [9.17, 15) is 14.9 Å². The summed E-state index contributed by atoms with van der Waals surface area (Å²) in [6, 6.07) is 6.24. The van der Waals surface area contributed by atoms with E-state index in [0.29, 0.717) is 18.8 Å². The van der Waals surface area contributed by atoms with Crippen LogP contribution in [0.4, 0.5) is 5.69 Å². The van der Waals surface area contributed by atoms with Gasteiger partial charge in [0.1, 0.15) is 5.75 Å². The number of nitrogens with zero attached hydrogens (tertiary/aromatic N) is 1. The van der Waals surface area contributed by atoms with Gasteiger partial charge in [-0.15, -0.1) is 0 Å². The summed E-state index contributed by atoms with van der Waals surface area (Å²) < 4.78 is 10.2. The molecule has 0 N–H and O–H groups in total. The maximum absolute atomic E-state index is 11.0. The van der Waals surface area contributed by atoms with E-state index in [0.717, 1.165) is 25.7 Å². The number of unbranched alkanes of at least 4 members (excludes halogenated alkanes) is 11. The molecule has 0 fully saturated rings. The molecule has 0 aliphatic heterocycles. The Labute approximate surface area is 168 Å². The molecule has 1 rings (SSSR count). The van der Waals surface area contributed by atoms with E-state index in [1.54, 1.807) is 12.1 Å². The molecule has 1 aromatic carbocycles. The van der Waals surface area contributed by atoms with Gasteiger partial charge in [0, 0.05) is 18.6 Å². The van der Waals surface area contributed by atoms with Crippen LogP contribution in [0.3, 0.4) is 0 Å². The van der Waals surface area contributed by atoms with Gasteiger partial charge < -0.3 is 9.47 Å². The summed E-state index contributed by atoms with van der Waals surface area (Å²) in [4.78, 5) is 21.2.